The van der Waals surface area contributed by atoms with Crippen LogP contribution in [0.15, 0.2) is 35.6 Å². The van der Waals surface area contributed by atoms with Crippen LogP contribution >= 0.6 is 24.0 Å². The van der Waals surface area contributed by atoms with Crippen molar-refractivity contribution in [2.75, 3.05) is 13.1 Å². The Bertz CT molecular complexity index is 749. The molecule has 0 unspecified atom stereocenters. The fourth-order valence-corrected chi connectivity index (χ4v) is 2.42. The van der Waals surface area contributed by atoms with Crippen molar-refractivity contribution in [3.63, 3.8) is 0 Å². The van der Waals surface area contributed by atoms with Crippen molar-refractivity contribution in [3.8, 4) is 5.75 Å². The van der Waals surface area contributed by atoms with Gasteiger partial charge in [-0.3, -0.25) is 0 Å². The Balaban J connectivity index is 0.00000420. The second kappa shape index (κ2) is 12.5. The first kappa shape index (κ1) is 25.0. The molecular formula is C18H26F3IN6O. The number of halogens is 4. The average molecular weight is 526 g/mol. The van der Waals surface area contributed by atoms with E-state index in [9.17, 15) is 13.2 Å². The van der Waals surface area contributed by atoms with E-state index >= 15 is 0 Å². The highest BCUT2D eigenvalue weighted by molar-refractivity contribution is 14.0. The fourth-order valence-electron chi connectivity index (χ4n) is 2.42. The molecule has 0 bridgehead atoms. The van der Waals surface area contributed by atoms with Gasteiger partial charge in [0.1, 0.15) is 17.9 Å². The summed E-state index contributed by atoms with van der Waals surface area (Å²) in [6.07, 6.45) is -1.25. The molecule has 0 aliphatic rings. The van der Waals surface area contributed by atoms with Crippen molar-refractivity contribution >= 4 is 29.9 Å². The van der Waals surface area contributed by atoms with Gasteiger partial charge >= 0.3 is 6.36 Å². The van der Waals surface area contributed by atoms with E-state index in [1.54, 1.807) is 18.5 Å². The maximum absolute atomic E-state index is 12.2. The van der Waals surface area contributed by atoms with Crippen molar-refractivity contribution < 1.29 is 17.9 Å². The number of nitrogens with zero attached hydrogens (tertiary/aromatic N) is 4. The van der Waals surface area contributed by atoms with Crippen molar-refractivity contribution in [1.82, 2.24) is 25.4 Å². The molecule has 0 amide bonds. The lowest BCUT2D eigenvalue weighted by molar-refractivity contribution is -0.274. The molecule has 1 aromatic carbocycles. The molecule has 2 rings (SSSR count). The summed E-state index contributed by atoms with van der Waals surface area (Å²) < 4.78 is 42.5. The van der Waals surface area contributed by atoms with Gasteiger partial charge in [0.05, 0.1) is 6.54 Å². The molecule has 0 saturated heterocycles. The maximum atomic E-state index is 12.2. The minimum atomic E-state index is -4.69. The molecule has 1 heterocycles. The third kappa shape index (κ3) is 9.33. The van der Waals surface area contributed by atoms with Crippen LogP contribution in [0.1, 0.15) is 31.7 Å². The van der Waals surface area contributed by atoms with Crippen LogP contribution in [0.3, 0.4) is 0 Å². The Morgan fingerprint density at radius 2 is 1.83 bits per heavy atom. The molecule has 29 heavy (non-hydrogen) atoms. The van der Waals surface area contributed by atoms with Crippen LogP contribution < -0.4 is 15.4 Å². The molecule has 162 valence electrons. The van der Waals surface area contributed by atoms with Gasteiger partial charge in [0.2, 0.25) is 0 Å². The molecule has 11 heteroatoms. The molecule has 0 fully saturated rings. The molecule has 2 aromatic rings. The number of rotatable bonds is 9. The number of aliphatic imine (C=N–C) groups is 1. The maximum Gasteiger partial charge on any atom is 0.573 e. The zero-order chi connectivity index (χ0) is 20.4. The summed E-state index contributed by atoms with van der Waals surface area (Å²) in [6.45, 7) is 6.50. The quantitative estimate of drug-likeness (QED) is 0.297. The van der Waals surface area contributed by atoms with Crippen LogP contribution in [-0.2, 0) is 19.5 Å². The van der Waals surface area contributed by atoms with E-state index < -0.39 is 6.36 Å². The summed E-state index contributed by atoms with van der Waals surface area (Å²) in [7, 11) is 0. The fraction of sp³-hybridized carbons (Fsp3) is 0.500. The number of nitrogens with one attached hydrogen (secondary N) is 2. The van der Waals surface area contributed by atoms with E-state index in [0.29, 0.717) is 25.6 Å². The van der Waals surface area contributed by atoms with Crippen LogP contribution in [0.2, 0.25) is 0 Å². The Hall–Kier alpha value is -2.05. The van der Waals surface area contributed by atoms with Gasteiger partial charge < -0.3 is 19.9 Å². The zero-order valence-electron chi connectivity index (χ0n) is 16.4. The number of ether oxygens (including phenoxy) is 1. The topological polar surface area (TPSA) is 76.4 Å². The van der Waals surface area contributed by atoms with Gasteiger partial charge in [0.25, 0.3) is 0 Å². The van der Waals surface area contributed by atoms with Crippen molar-refractivity contribution in [3.05, 3.63) is 42.0 Å². The minimum absolute atomic E-state index is 0. The molecule has 7 nitrogen and oxygen atoms in total. The lowest BCUT2D eigenvalue weighted by Gasteiger charge is -2.13. The van der Waals surface area contributed by atoms with E-state index in [4.69, 9.17) is 0 Å². The normalized spacial score (nSPS) is 11.7. The minimum Gasteiger partial charge on any atom is -0.406 e. The lowest BCUT2D eigenvalue weighted by atomic mass is 10.2. The Kier molecular flexibility index (Phi) is 10.8. The van der Waals surface area contributed by atoms with Crippen molar-refractivity contribution in [2.45, 2.75) is 46.1 Å². The van der Waals surface area contributed by atoms with Gasteiger partial charge in [-0.15, -0.1) is 47.3 Å². The van der Waals surface area contributed by atoms with E-state index in [1.807, 2.05) is 11.5 Å². The molecule has 0 radical (unpaired) electrons. The molecule has 0 spiro atoms. The first-order valence-corrected chi connectivity index (χ1v) is 9.14. The molecule has 2 N–H and O–H groups in total. The Morgan fingerprint density at radius 1 is 1.14 bits per heavy atom. The molecular weight excluding hydrogens is 500 g/mol. The summed E-state index contributed by atoms with van der Waals surface area (Å²) in [4.78, 5) is 4.49. The lowest BCUT2D eigenvalue weighted by Crippen LogP contribution is -2.39. The zero-order valence-corrected chi connectivity index (χ0v) is 18.7. The van der Waals surface area contributed by atoms with Gasteiger partial charge in [-0.25, -0.2) is 4.99 Å². The second-order valence-electron chi connectivity index (χ2n) is 6.00. The largest absolute Gasteiger partial charge is 0.573 e. The van der Waals surface area contributed by atoms with Crippen LogP contribution in [0.5, 0.6) is 5.75 Å². The SMILES string of the molecule is CCCNC(=NCc1ccc(OC(F)(F)F)cc1)NCCn1cnnc1CC.I. The molecule has 0 aliphatic carbocycles. The smallest absolute Gasteiger partial charge is 0.406 e. The van der Waals surface area contributed by atoms with Crippen LogP contribution in [0.25, 0.3) is 0 Å². The predicted octanol–water partition coefficient (Wildman–Crippen LogP) is 3.50. The van der Waals surface area contributed by atoms with Gasteiger partial charge in [-0.2, -0.15) is 0 Å². The highest BCUT2D eigenvalue weighted by Crippen LogP contribution is 2.22. The Morgan fingerprint density at radius 3 is 2.45 bits per heavy atom. The Labute approximate surface area is 185 Å². The average Bonchev–Trinajstić information content (AvgIpc) is 3.11. The standard InChI is InChI=1S/C18H25F3N6O.HI/c1-3-9-22-17(23-10-11-27-13-25-26-16(27)4-2)24-12-14-5-7-15(8-6-14)28-18(19,20)21;/h5-8,13H,3-4,9-12H2,1-2H3,(H2,22,23,24);1H. The van der Waals surface area contributed by atoms with Crippen LogP contribution in [-0.4, -0.2) is 40.2 Å². The van der Waals surface area contributed by atoms with Gasteiger partial charge in [-0.1, -0.05) is 26.0 Å². The number of hydrogen-bond acceptors (Lipinski definition) is 4. The third-order valence-electron chi connectivity index (χ3n) is 3.78. The third-order valence-corrected chi connectivity index (χ3v) is 3.78. The van der Waals surface area contributed by atoms with Gasteiger partial charge in [0.15, 0.2) is 5.96 Å². The van der Waals surface area contributed by atoms with Crippen LogP contribution in [0.4, 0.5) is 13.2 Å². The molecule has 0 atom stereocenters. The van der Waals surface area contributed by atoms with Crippen molar-refractivity contribution in [2.24, 2.45) is 4.99 Å². The highest BCUT2D eigenvalue weighted by Gasteiger charge is 2.30. The molecule has 1 aromatic heterocycles. The summed E-state index contributed by atoms with van der Waals surface area (Å²) in [5.41, 5.74) is 0.777. The van der Waals surface area contributed by atoms with Gasteiger partial charge in [-0.05, 0) is 24.1 Å². The summed E-state index contributed by atoms with van der Waals surface area (Å²) in [5.74, 6) is 1.31. The van der Waals surface area contributed by atoms with E-state index in [0.717, 1.165) is 30.8 Å². The highest BCUT2D eigenvalue weighted by atomic mass is 127. The van der Waals surface area contributed by atoms with E-state index in [1.165, 1.54) is 12.1 Å². The number of benzene rings is 1. The summed E-state index contributed by atoms with van der Waals surface area (Å²) in [6, 6.07) is 5.69. The number of aryl methyl sites for hydroxylation is 1. The first-order chi connectivity index (χ1) is 13.4. The first-order valence-electron chi connectivity index (χ1n) is 9.14. The van der Waals surface area contributed by atoms with E-state index in [2.05, 4.69) is 37.5 Å². The van der Waals surface area contributed by atoms with Crippen LogP contribution in [0, 0.1) is 0 Å². The van der Waals surface area contributed by atoms with Gasteiger partial charge in [0, 0.05) is 26.1 Å². The summed E-state index contributed by atoms with van der Waals surface area (Å²) >= 11 is 0. The summed E-state index contributed by atoms with van der Waals surface area (Å²) in [5, 5.41) is 14.4. The van der Waals surface area contributed by atoms with Crippen molar-refractivity contribution in [1.29, 1.82) is 0 Å². The number of aromatic nitrogens is 3. The number of hydrogen-bond donors (Lipinski definition) is 2. The number of guanidine groups is 1. The predicted molar refractivity (Wildman–Crippen MR) is 115 cm³/mol. The second-order valence-corrected chi connectivity index (χ2v) is 6.00. The molecule has 0 aliphatic heterocycles. The monoisotopic (exact) mass is 526 g/mol. The molecule has 0 saturated carbocycles. The van der Waals surface area contributed by atoms with E-state index in [-0.39, 0.29) is 29.7 Å². The number of alkyl halides is 3.